The summed E-state index contributed by atoms with van der Waals surface area (Å²) < 4.78 is 6.85. The Kier molecular flexibility index (Phi) is 3.72. The van der Waals surface area contributed by atoms with Crippen LogP contribution >= 0.6 is 15.9 Å². The summed E-state index contributed by atoms with van der Waals surface area (Å²) in [4.78, 5) is 23.2. The first-order chi connectivity index (χ1) is 12.0. The molecule has 3 aromatic rings. The summed E-state index contributed by atoms with van der Waals surface area (Å²) in [6.07, 6.45) is 1.92. The normalized spacial score (nSPS) is 13.9. The molecule has 0 fully saturated rings. The van der Waals surface area contributed by atoms with Gasteiger partial charge in [-0.05, 0) is 43.0 Å². The van der Waals surface area contributed by atoms with Gasteiger partial charge in [-0.15, -0.1) is 0 Å². The van der Waals surface area contributed by atoms with E-state index in [9.17, 15) is 14.9 Å². The molecule has 1 heterocycles. The second kappa shape index (κ2) is 5.81. The van der Waals surface area contributed by atoms with Crippen molar-refractivity contribution in [2.45, 2.75) is 26.2 Å². The van der Waals surface area contributed by atoms with Crippen molar-refractivity contribution in [1.29, 1.82) is 0 Å². The molecule has 0 radical (unpaired) electrons. The van der Waals surface area contributed by atoms with Gasteiger partial charge < -0.3 is 4.42 Å². The average molecular weight is 400 g/mol. The van der Waals surface area contributed by atoms with Crippen LogP contribution in [-0.4, -0.2) is 10.7 Å². The Hall–Kier alpha value is -2.47. The Morgan fingerprint density at radius 2 is 2.00 bits per heavy atom. The summed E-state index contributed by atoms with van der Waals surface area (Å²) in [6, 6.07) is 8.95. The zero-order valence-corrected chi connectivity index (χ0v) is 15.1. The van der Waals surface area contributed by atoms with Gasteiger partial charge in [-0.25, -0.2) is 0 Å². The van der Waals surface area contributed by atoms with Crippen LogP contribution in [0.3, 0.4) is 0 Å². The molecule has 0 saturated carbocycles. The third-order valence-corrected chi connectivity index (χ3v) is 5.62. The Morgan fingerprint density at radius 3 is 2.76 bits per heavy atom. The van der Waals surface area contributed by atoms with E-state index in [2.05, 4.69) is 15.9 Å². The van der Waals surface area contributed by atoms with Crippen LogP contribution in [0.1, 0.15) is 34.3 Å². The zero-order chi connectivity index (χ0) is 17.7. The van der Waals surface area contributed by atoms with Gasteiger partial charge in [0, 0.05) is 33.5 Å². The molecule has 0 atom stereocenters. The van der Waals surface area contributed by atoms with E-state index in [0.29, 0.717) is 23.1 Å². The number of ketones is 1. The minimum atomic E-state index is -0.481. The maximum atomic E-state index is 12.2. The number of hydrogen-bond acceptors (Lipinski definition) is 4. The van der Waals surface area contributed by atoms with E-state index in [1.807, 2.05) is 31.2 Å². The number of carbonyl (C=O) groups excluding carboxylic acids is 1. The molecule has 1 aliphatic rings. The number of aryl methyl sites for hydroxylation is 1. The lowest BCUT2D eigenvalue weighted by molar-refractivity contribution is -0.383. The summed E-state index contributed by atoms with van der Waals surface area (Å²) in [7, 11) is 0. The Balaban J connectivity index is 2.05. The summed E-state index contributed by atoms with van der Waals surface area (Å²) in [5.74, 6) is 0.538. The molecule has 0 unspecified atom stereocenters. The van der Waals surface area contributed by atoms with Gasteiger partial charge in [-0.3, -0.25) is 14.9 Å². The fraction of sp³-hybridized carbons (Fsp3) is 0.211. The van der Waals surface area contributed by atoms with Crippen molar-refractivity contribution in [1.82, 2.24) is 0 Å². The smallest absolute Gasteiger partial charge is 0.312 e. The largest absolute Gasteiger partial charge is 0.449 e. The topological polar surface area (TPSA) is 73.3 Å². The third-order valence-electron chi connectivity index (χ3n) is 4.76. The lowest BCUT2D eigenvalue weighted by Gasteiger charge is -2.14. The summed E-state index contributed by atoms with van der Waals surface area (Å²) in [5.41, 5.74) is 3.28. The predicted octanol–water partition coefficient (Wildman–Crippen LogP) is 5.60. The minimum absolute atomic E-state index is 0.0346. The van der Waals surface area contributed by atoms with E-state index in [1.54, 1.807) is 0 Å². The van der Waals surface area contributed by atoms with Crippen molar-refractivity contribution in [2.24, 2.45) is 0 Å². The number of Topliss-reactive ketones (excluding diaryl/α,β-unsaturated/α-hetero) is 1. The fourth-order valence-electron chi connectivity index (χ4n) is 3.46. The molecule has 6 heteroatoms. The average Bonchev–Trinajstić information content (AvgIpc) is 3.02. The predicted molar refractivity (Wildman–Crippen MR) is 98.0 cm³/mol. The van der Waals surface area contributed by atoms with Gasteiger partial charge in [0.1, 0.15) is 5.76 Å². The molecule has 0 amide bonds. The number of non-ortho nitro benzene ring substituents is 1. The van der Waals surface area contributed by atoms with Crippen LogP contribution in [-0.2, 0) is 6.42 Å². The van der Waals surface area contributed by atoms with Crippen molar-refractivity contribution in [3.8, 4) is 11.3 Å². The molecule has 0 N–H and O–H groups in total. The second-order valence-electron chi connectivity index (χ2n) is 6.22. The number of nitrogens with zero attached hydrogens (tertiary/aromatic N) is 1. The fourth-order valence-corrected chi connectivity index (χ4v) is 3.83. The minimum Gasteiger partial charge on any atom is -0.449 e. The molecule has 2 aromatic carbocycles. The summed E-state index contributed by atoms with van der Waals surface area (Å²) in [6.45, 7) is 1.96. The lowest BCUT2D eigenvalue weighted by Crippen LogP contribution is -2.11. The number of furan rings is 1. The molecule has 0 spiro atoms. The molecule has 126 valence electrons. The van der Waals surface area contributed by atoms with Gasteiger partial charge in [0.15, 0.2) is 5.78 Å². The number of carbonyl (C=O) groups is 1. The molecule has 5 nitrogen and oxygen atoms in total. The number of rotatable bonds is 2. The Labute approximate surface area is 151 Å². The van der Waals surface area contributed by atoms with Gasteiger partial charge in [-0.1, -0.05) is 28.1 Å². The SMILES string of the molecule is Cc1c(Br)cccc1-c1cc2c3c(cc([N+](=O)[O-])c2o1)C(=O)CCC3. The van der Waals surface area contributed by atoms with E-state index in [-0.39, 0.29) is 17.1 Å². The van der Waals surface area contributed by atoms with Crippen molar-refractivity contribution in [2.75, 3.05) is 0 Å². The van der Waals surface area contributed by atoms with E-state index in [1.165, 1.54) is 6.07 Å². The maximum Gasteiger partial charge on any atom is 0.312 e. The molecule has 1 aliphatic carbocycles. The van der Waals surface area contributed by atoms with Gasteiger partial charge in [-0.2, -0.15) is 0 Å². The van der Waals surface area contributed by atoms with Gasteiger partial charge in [0.25, 0.3) is 0 Å². The van der Waals surface area contributed by atoms with Crippen LogP contribution in [0.15, 0.2) is 39.2 Å². The van der Waals surface area contributed by atoms with E-state index in [0.717, 1.165) is 34.0 Å². The third kappa shape index (κ3) is 2.48. The van der Waals surface area contributed by atoms with E-state index >= 15 is 0 Å². The zero-order valence-electron chi connectivity index (χ0n) is 13.5. The number of halogens is 1. The highest BCUT2D eigenvalue weighted by atomic mass is 79.9. The molecule has 1 aromatic heterocycles. The highest BCUT2D eigenvalue weighted by Crippen LogP contribution is 2.41. The molecule has 0 aliphatic heterocycles. The molecular weight excluding hydrogens is 386 g/mol. The Morgan fingerprint density at radius 1 is 1.20 bits per heavy atom. The van der Waals surface area contributed by atoms with Crippen molar-refractivity contribution in [3.63, 3.8) is 0 Å². The first kappa shape index (κ1) is 16.0. The van der Waals surface area contributed by atoms with Gasteiger partial charge >= 0.3 is 5.69 Å². The summed E-state index contributed by atoms with van der Waals surface area (Å²) in [5, 5.41) is 12.2. The first-order valence-electron chi connectivity index (χ1n) is 8.00. The van der Waals surface area contributed by atoms with Crippen LogP contribution in [0, 0.1) is 17.0 Å². The monoisotopic (exact) mass is 399 g/mol. The van der Waals surface area contributed by atoms with Crippen molar-refractivity contribution < 1.29 is 14.1 Å². The van der Waals surface area contributed by atoms with Crippen LogP contribution in [0.5, 0.6) is 0 Å². The molecular formula is C19H14BrNO4. The van der Waals surface area contributed by atoms with E-state index in [4.69, 9.17) is 4.42 Å². The van der Waals surface area contributed by atoms with Crippen LogP contribution in [0.25, 0.3) is 22.3 Å². The number of benzene rings is 2. The quantitative estimate of drug-likeness (QED) is 0.415. The van der Waals surface area contributed by atoms with Crippen LogP contribution in [0.4, 0.5) is 5.69 Å². The maximum absolute atomic E-state index is 12.2. The lowest BCUT2D eigenvalue weighted by atomic mass is 9.88. The van der Waals surface area contributed by atoms with Gasteiger partial charge in [0.2, 0.25) is 5.58 Å². The van der Waals surface area contributed by atoms with E-state index < -0.39 is 4.92 Å². The first-order valence-corrected chi connectivity index (χ1v) is 8.79. The van der Waals surface area contributed by atoms with Crippen molar-refractivity contribution >= 4 is 38.4 Å². The highest BCUT2D eigenvalue weighted by molar-refractivity contribution is 9.10. The molecule has 4 rings (SSSR count). The van der Waals surface area contributed by atoms with Crippen molar-refractivity contribution in [3.05, 3.63) is 61.6 Å². The summed E-state index contributed by atoms with van der Waals surface area (Å²) >= 11 is 3.50. The number of hydrogen-bond donors (Lipinski definition) is 0. The molecule has 0 saturated heterocycles. The standard InChI is InChI=1S/C19H14BrNO4/c1-10-11(4-2-6-15(10)20)18-9-14-12-5-3-7-17(22)13(12)8-16(21(23)24)19(14)25-18/h2,4,6,8-9H,3,5,7H2,1H3. The highest BCUT2D eigenvalue weighted by Gasteiger charge is 2.28. The Bertz CT molecular complexity index is 1050. The van der Waals surface area contributed by atoms with Crippen LogP contribution in [0.2, 0.25) is 0 Å². The number of nitro groups is 1. The molecule has 0 bridgehead atoms. The molecule has 25 heavy (non-hydrogen) atoms. The number of nitro benzene ring substituents is 1. The second-order valence-corrected chi connectivity index (χ2v) is 7.08. The van der Waals surface area contributed by atoms with Crippen LogP contribution < -0.4 is 0 Å². The number of fused-ring (bicyclic) bond motifs is 3. The van der Waals surface area contributed by atoms with Gasteiger partial charge in [0.05, 0.1) is 4.92 Å².